The average Bonchev–Trinajstić information content (AvgIpc) is 2.83. The highest BCUT2D eigenvalue weighted by molar-refractivity contribution is 5.95. The molecule has 1 aromatic heterocycles. The van der Waals surface area contributed by atoms with Crippen molar-refractivity contribution in [3.8, 4) is 5.75 Å². The first-order valence-corrected chi connectivity index (χ1v) is 7.11. The molecule has 0 unspecified atom stereocenters. The van der Waals surface area contributed by atoms with Crippen LogP contribution in [0, 0.1) is 6.92 Å². The van der Waals surface area contributed by atoms with Crippen LogP contribution < -0.4 is 0 Å². The Hall–Kier alpha value is -1.69. The molecule has 3 heterocycles. The zero-order valence-electron chi connectivity index (χ0n) is 11.9. The molecule has 1 aromatic rings. The van der Waals surface area contributed by atoms with E-state index in [1.807, 2.05) is 4.90 Å². The van der Waals surface area contributed by atoms with Crippen LogP contribution in [0.1, 0.15) is 35.4 Å². The van der Waals surface area contributed by atoms with Gasteiger partial charge in [0.1, 0.15) is 6.33 Å². The Morgan fingerprint density at radius 1 is 1.30 bits per heavy atom. The molecule has 6 heteroatoms. The molecule has 20 heavy (non-hydrogen) atoms. The lowest BCUT2D eigenvalue weighted by atomic mass is 9.96. The summed E-state index contributed by atoms with van der Waals surface area (Å²) in [5.74, 6) is -0.260. The molecule has 0 spiro atoms. The first kappa shape index (κ1) is 13.3. The molecule has 0 saturated carbocycles. The fraction of sp³-hybridized carbons (Fsp3) is 0.643. The number of amides is 1. The number of aromatic hydroxyl groups is 1. The summed E-state index contributed by atoms with van der Waals surface area (Å²) in [4.78, 5) is 24.8. The number of hydrogen-bond donors (Lipinski definition) is 1. The van der Waals surface area contributed by atoms with Crippen molar-refractivity contribution in [2.75, 3.05) is 20.1 Å². The van der Waals surface area contributed by atoms with Crippen LogP contribution in [0.3, 0.4) is 0 Å². The van der Waals surface area contributed by atoms with Crippen molar-refractivity contribution in [2.45, 2.75) is 38.3 Å². The van der Waals surface area contributed by atoms with E-state index in [0.717, 1.165) is 32.4 Å². The van der Waals surface area contributed by atoms with Crippen LogP contribution in [0.4, 0.5) is 0 Å². The number of likely N-dealkylation sites (tertiary alicyclic amines) is 2. The summed E-state index contributed by atoms with van der Waals surface area (Å²) in [7, 11) is 2.12. The molecule has 2 aliphatic heterocycles. The second-order valence-electron chi connectivity index (χ2n) is 5.70. The highest BCUT2D eigenvalue weighted by Crippen LogP contribution is 2.31. The third-order valence-corrected chi connectivity index (χ3v) is 4.56. The minimum absolute atomic E-state index is 0.0917. The van der Waals surface area contributed by atoms with Crippen LogP contribution in [-0.2, 0) is 0 Å². The van der Waals surface area contributed by atoms with Gasteiger partial charge in [0.2, 0.25) is 0 Å². The fourth-order valence-corrected chi connectivity index (χ4v) is 3.41. The highest BCUT2D eigenvalue weighted by Gasteiger charge is 2.41. The fourth-order valence-electron chi connectivity index (χ4n) is 3.41. The van der Waals surface area contributed by atoms with Crippen molar-refractivity contribution >= 4 is 5.91 Å². The molecule has 2 fully saturated rings. The van der Waals surface area contributed by atoms with Crippen molar-refractivity contribution in [2.24, 2.45) is 0 Å². The number of nitrogens with zero attached hydrogens (tertiary/aromatic N) is 4. The molecule has 2 atom stereocenters. The molecule has 0 aliphatic carbocycles. The maximum atomic E-state index is 12.7. The van der Waals surface area contributed by atoms with E-state index in [0.29, 0.717) is 11.7 Å². The zero-order chi connectivity index (χ0) is 14.3. The van der Waals surface area contributed by atoms with Gasteiger partial charge in [-0.1, -0.05) is 0 Å². The van der Waals surface area contributed by atoms with Crippen LogP contribution in [0.15, 0.2) is 6.33 Å². The van der Waals surface area contributed by atoms with Gasteiger partial charge in [0.25, 0.3) is 5.91 Å². The molecule has 3 rings (SSSR count). The molecule has 6 nitrogen and oxygen atoms in total. The van der Waals surface area contributed by atoms with E-state index in [1.165, 1.54) is 6.33 Å². The second kappa shape index (κ2) is 5.01. The van der Waals surface area contributed by atoms with Gasteiger partial charge < -0.3 is 14.9 Å². The Bertz CT molecular complexity index is 534. The van der Waals surface area contributed by atoms with Gasteiger partial charge in [0.15, 0.2) is 11.4 Å². The first-order valence-electron chi connectivity index (χ1n) is 7.11. The van der Waals surface area contributed by atoms with E-state index < -0.39 is 0 Å². The van der Waals surface area contributed by atoms with Crippen LogP contribution in [0.2, 0.25) is 0 Å². The number of carbonyl (C=O) groups excluding carboxylic acids is 1. The van der Waals surface area contributed by atoms with Gasteiger partial charge in [0.05, 0.1) is 5.69 Å². The minimum Gasteiger partial charge on any atom is -0.504 e. The van der Waals surface area contributed by atoms with Crippen molar-refractivity contribution < 1.29 is 9.90 Å². The van der Waals surface area contributed by atoms with Gasteiger partial charge in [-0.15, -0.1) is 0 Å². The predicted molar refractivity (Wildman–Crippen MR) is 73.5 cm³/mol. The monoisotopic (exact) mass is 276 g/mol. The van der Waals surface area contributed by atoms with E-state index in [4.69, 9.17) is 0 Å². The third-order valence-electron chi connectivity index (χ3n) is 4.56. The summed E-state index contributed by atoms with van der Waals surface area (Å²) < 4.78 is 0. The largest absolute Gasteiger partial charge is 0.504 e. The van der Waals surface area contributed by atoms with Gasteiger partial charge in [-0.25, -0.2) is 9.97 Å². The van der Waals surface area contributed by atoms with E-state index in [-0.39, 0.29) is 23.4 Å². The Labute approximate surface area is 118 Å². The molecule has 108 valence electrons. The maximum absolute atomic E-state index is 12.7. The number of hydrogen-bond acceptors (Lipinski definition) is 5. The summed E-state index contributed by atoms with van der Waals surface area (Å²) in [5, 5.41) is 10.0. The van der Waals surface area contributed by atoms with Gasteiger partial charge in [0, 0.05) is 25.2 Å². The summed E-state index contributed by atoms with van der Waals surface area (Å²) >= 11 is 0. The van der Waals surface area contributed by atoms with Crippen LogP contribution in [-0.4, -0.2) is 63.0 Å². The van der Waals surface area contributed by atoms with Crippen LogP contribution in [0.25, 0.3) is 0 Å². The van der Waals surface area contributed by atoms with E-state index in [9.17, 15) is 9.90 Å². The topological polar surface area (TPSA) is 69.6 Å². The lowest BCUT2D eigenvalue weighted by molar-refractivity contribution is 0.0534. The number of aryl methyl sites for hydroxylation is 1. The number of aromatic nitrogens is 2. The molecule has 1 N–H and O–H groups in total. The van der Waals surface area contributed by atoms with Crippen molar-refractivity contribution in [1.29, 1.82) is 0 Å². The van der Waals surface area contributed by atoms with E-state index in [2.05, 4.69) is 21.9 Å². The molecule has 0 radical (unpaired) electrons. The Balaban J connectivity index is 1.88. The zero-order valence-corrected chi connectivity index (χ0v) is 11.9. The average molecular weight is 276 g/mol. The number of likely N-dealkylation sites (N-methyl/N-ethyl adjacent to an activating group) is 1. The molecule has 2 aliphatic rings. The molecular weight excluding hydrogens is 256 g/mol. The van der Waals surface area contributed by atoms with Gasteiger partial charge >= 0.3 is 0 Å². The Kier molecular flexibility index (Phi) is 3.33. The van der Waals surface area contributed by atoms with Crippen molar-refractivity contribution in [3.63, 3.8) is 0 Å². The lowest BCUT2D eigenvalue weighted by Gasteiger charge is -2.39. The molecular formula is C14H20N4O2. The Morgan fingerprint density at radius 2 is 2.10 bits per heavy atom. The summed E-state index contributed by atoms with van der Waals surface area (Å²) in [6.45, 7) is 3.44. The van der Waals surface area contributed by atoms with E-state index >= 15 is 0 Å². The van der Waals surface area contributed by atoms with Crippen molar-refractivity contribution in [3.05, 3.63) is 17.7 Å². The normalized spacial score (nSPS) is 26.6. The minimum atomic E-state index is -0.169. The van der Waals surface area contributed by atoms with Crippen LogP contribution >= 0.6 is 0 Å². The lowest BCUT2D eigenvalue weighted by Crippen LogP contribution is -2.51. The number of rotatable bonds is 1. The molecule has 0 aromatic carbocycles. The van der Waals surface area contributed by atoms with E-state index in [1.54, 1.807) is 6.92 Å². The third kappa shape index (κ3) is 2.04. The standard InChI is InChI=1S/C14H20N4O2/c1-9-13(19)12(16-8-15-9)14(20)18-6-3-4-10-11(18)5-7-17(10)2/h8,10-11,19H,3-7H2,1-2H3/t10-,11+/m0/s1. The number of piperidine rings is 1. The summed E-state index contributed by atoms with van der Waals surface area (Å²) in [5.41, 5.74) is 0.577. The summed E-state index contributed by atoms with van der Waals surface area (Å²) in [6, 6.07) is 0.689. The maximum Gasteiger partial charge on any atom is 0.276 e. The summed E-state index contributed by atoms with van der Waals surface area (Å²) in [6.07, 6.45) is 4.48. The number of carbonyl (C=O) groups is 1. The van der Waals surface area contributed by atoms with Crippen LogP contribution in [0.5, 0.6) is 5.75 Å². The number of fused-ring (bicyclic) bond motifs is 1. The van der Waals surface area contributed by atoms with Gasteiger partial charge in [-0.05, 0) is 33.2 Å². The predicted octanol–water partition coefficient (Wildman–Crippen LogP) is 0.799. The quantitative estimate of drug-likeness (QED) is 0.821. The van der Waals surface area contributed by atoms with Gasteiger partial charge in [-0.3, -0.25) is 4.79 Å². The smallest absolute Gasteiger partial charge is 0.276 e. The van der Waals surface area contributed by atoms with Gasteiger partial charge in [-0.2, -0.15) is 0 Å². The first-order chi connectivity index (χ1) is 9.59. The molecule has 1 amide bonds. The highest BCUT2D eigenvalue weighted by atomic mass is 16.3. The SMILES string of the molecule is Cc1ncnc(C(=O)N2CCC[C@H]3[C@H]2CCN3C)c1O. The second-order valence-corrected chi connectivity index (χ2v) is 5.70. The van der Waals surface area contributed by atoms with Crippen molar-refractivity contribution in [1.82, 2.24) is 19.8 Å². The molecule has 0 bridgehead atoms. The Morgan fingerprint density at radius 3 is 2.90 bits per heavy atom. The molecule has 2 saturated heterocycles.